The number of rotatable bonds is 6. The van der Waals surface area contributed by atoms with E-state index in [1.54, 1.807) is 0 Å². The van der Waals surface area contributed by atoms with Gasteiger partial charge in [0.2, 0.25) is 0 Å². The lowest BCUT2D eigenvalue weighted by atomic mass is 10.0. The fourth-order valence-electron chi connectivity index (χ4n) is 2.99. The second kappa shape index (κ2) is 8.13. The Labute approximate surface area is 168 Å². The highest BCUT2D eigenvalue weighted by Crippen LogP contribution is 2.26. The molecule has 1 heterocycles. The second-order valence-electron chi connectivity index (χ2n) is 7.25. The Morgan fingerprint density at radius 3 is 1.29 bits per heavy atom. The van der Waals surface area contributed by atoms with E-state index >= 15 is 0 Å². The average Bonchev–Trinajstić information content (AvgIpc) is 2.73. The van der Waals surface area contributed by atoms with E-state index in [2.05, 4.69) is 71.5 Å². The van der Waals surface area contributed by atoms with Crippen LogP contribution >= 0.6 is 0 Å². The van der Waals surface area contributed by atoms with Gasteiger partial charge >= 0.3 is 0 Å². The summed E-state index contributed by atoms with van der Waals surface area (Å²) >= 11 is 0. The molecule has 1 aromatic heterocycles. The van der Waals surface area contributed by atoms with Gasteiger partial charge in [0.25, 0.3) is 0 Å². The van der Waals surface area contributed by atoms with Crippen LogP contribution in [-0.4, -0.2) is 33.2 Å². The zero-order valence-corrected chi connectivity index (χ0v) is 17.1. The van der Waals surface area contributed by atoms with Gasteiger partial charge in [-0.3, -0.25) is 0 Å². The van der Waals surface area contributed by atoms with Crippen LogP contribution in [0.15, 0.2) is 79.9 Å². The minimum Gasteiger partial charge on any atom is -0.378 e. The summed E-state index contributed by atoms with van der Waals surface area (Å²) in [7, 11) is 8.13. The normalized spacial score (nSPS) is 10.4. The topological polar surface area (TPSA) is 19.4 Å². The van der Waals surface area contributed by atoms with Gasteiger partial charge in [-0.1, -0.05) is 43.5 Å². The molecule has 0 aliphatic carbocycles. The number of hydrogen-bond acceptors (Lipinski definition) is 3. The van der Waals surface area contributed by atoms with Gasteiger partial charge in [0.15, 0.2) is 0 Å². The largest absolute Gasteiger partial charge is 0.378 e. The Hall–Kier alpha value is -3.33. The summed E-state index contributed by atoms with van der Waals surface area (Å²) in [5, 5.41) is 0. The minimum atomic E-state index is 0.862. The molecule has 3 nitrogen and oxygen atoms in total. The van der Waals surface area contributed by atoms with Crippen molar-refractivity contribution >= 4 is 22.5 Å². The van der Waals surface area contributed by atoms with Crippen molar-refractivity contribution in [3.8, 4) is 0 Å². The van der Waals surface area contributed by atoms with Gasteiger partial charge in [-0.15, -0.1) is 0 Å². The molecule has 142 valence electrons. The predicted octanol–water partition coefficient (Wildman–Crippen LogP) is 5.34. The quantitative estimate of drug-likeness (QED) is 0.585. The first kappa shape index (κ1) is 19.4. The van der Waals surface area contributed by atoms with Crippen molar-refractivity contribution in [2.24, 2.45) is 0 Å². The number of pyridine rings is 1. The van der Waals surface area contributed by atoms with E-state index < -0.39 is 0 Å². The number of anilines is 2. The van der Waals surface area contributed by atoms with Gasteiger partial charge in [0, 0.05) is 50.7 Å². The Balaban J connectivity index is 1.85. The van der Waals surface area contributed by atoms with E-state index in [1.807, 2.05) is 46.4 Å². The van der Waals surface area contributed by atoms with Crippen LogP contribution in [0.1, 0.15) is 22.5 Å². The Morgan fingerprint density at radius 1 is 0.607 bits per heavy atom. The van der Waals surface area contributed by atoms with Gasteiger partial charge in [-0.2, -0.15) is 0 Å². The van der Waals surface area contributed by atoms with Crippen LogP contribution in [0.25, 0.3) is 11.1 Å². The third-order valence-corrected chi connectivity index (χ3v) is 4.83. The lowest BCUT2D eigenvalue weighted by Crippen LogP contribution is -2.08. The molecule has 0 aliphatic heterocycles. The molecule has 0 N–H and O–H groups in total. The Morgan fingerprint density at radius 2 is 0.964 bits per heavy atom. The van der Waals surface area contributed by atoms with E-state index in [0.717, 1.165) is 45.0 Å². The van der Waals surface area contributed by atoms with Crippen molar-refractivity contribution in [3.63, 3.8) is 0 Å². The lowest BCUT2D eigenvalue weighted by Gasteiger charge is -2.15. The highest BCUT2D eigenvalue weighted by atomic mass is 15.1. The maximum atomic E-state index is 4.82. The van der Waals surface area contributed by atoms with Crippen molar-refractivity contribution < 1.29 is 0 Å². The van der Waals surface area contributed by atoms with Crippen LogP contribution < -0.4 is 9.80 Å². The summed E-state index contributed by atoms with van der Waals surface area (Å²) < 4.78 is 0. The van der Waals surface area contributed by atoms with Crippen molar-refractivity contribution in [2.75, 3.05) is 38.0 Å². The molecule has 3 heteroatoms. The fourth-order valence-corrected chi connectivity index (χ4v) is 2.99. The first-order valence-corrected chi connectivity index (χ1v) is 9.28. The minimum absolute atomic E-state index is 0.862. The summed E-state index contributed by atoms with van der Waals surface area (Å²) in [6.07, 6.45) is 0. The SMILES string of the molecule is C=C(c1ccc(N(C)C)cc1)c1cccc(C(=C)c2ccc(N(C)C)cc2)n1. The summed E-state index contributed by atoms with van der Waals surface area (Å²) in [6, 6.07) is 22.7. The molecule has 0 saturated carbocycles. The monoisotopic (exact) mass is 369 g/mol. The molecule has 2 aromatic carbocycles. The van der Waals surface area contributed by atoms with E-state index in [1.165, 1.54) is 0 Å². The maximum Gasteiger partial charge on any atom is 0.0709 e. The predicted molar refractivity (Wildman–Crippen MR) is 122 cm³/mol. The first-order valence-electron chi connectivity index (χ1n) is 9.28. The van der Waals surface area contributed by atoms with E-state index in [9.17, 15) is 0 Å². The molecule has 3 aromatic rings. The summed E-state index contributed by atoms with van der Waals surface area (Å²) in [5.74, 6) is 0. The molecule has 0 bridgehead atoms. The Bertz CT molecular complexity index is 902. The van der Waals surface area contributed by atoms with Crippen molar-refractivity contribution in [3.05, 3.63) is 102 Å². The summed E-state index contributed by atoms with van der Waals surface area (Å²) in [5.41, 5.74) is 7.99. The molecule has 0 atom stereocenters. The second-order valence-corrected chi connectivity index (χ2v) is 7.25. The van der Waals surface area contributed by atoms with Crippen LogP contribution in [-0.2, 0) is 0 Å². The van der Waals surface area contributed by atoms with Crippen LogP contribution in [0.2, 0.25) is 0 Å². The molecule has 0 spiro atoms. The smallest absolute Gasteiger partial charge is 0.0709 e. The van der Waals surface area contributed by atoms with Crippen LogP contribution in [0.3, 0.4) is 0 Å². The van der Waals surface area contributed by atoms with Crippen LogP contribution in [0.5, 0.6) is 0 Å². The third-order valence-electron chi connectivity index (χ3n) is 4.83. The van der Waals surface area contributed by atoms with Gasteiger partial charge in [-0.05, 0) is 47.5 Å². The van der Waals surface area contributed by atoms with Crippen molar-refractivity contribution in [2.45, 2.75) is 0 Å². The zero-order chi connectivity index (χ0) is 20.3. The molecule has 3 rings (SSSR count). The molecule has 0 fully saturated rings. The van der Waals surface area contributed by atoms with Crippen LogP contribution in [0, 0.1) is 0 Å². The molecule has 28 heavy (non-hydrogen) atoms. The van der Waals surface area contributed by atoms with Gasteiger partial charge < -0.3 is 9.80 Å². The number of hydrogen-bond donors (Lipinski definition) is 0. The van der Waals surface area contributed by atoms with Crippen molar-refractivity contribution in [1.29, 1.82) is 0 Å². The molecule has 0 aliphatic rings. The standard InChI is InChI=1S/C25H27N3/c1-18(20-10-14-22(15-11-20)27(3)4)24-8-7-9-25(26-24)19(2)21-12-16-23(17-13-21)28(5)6/h7-17H,1-2H2,3-6H3. The van der Waals surface area contributed by atoms with Crippen LogP contribution in [0.4, 0.5) is 11.4 Å². The third kappa shape index (κ3) is 4.15. The molecule has 0 saturated heterocycles. The summed E-state index contributed by atoms with van der Waals surface area (Å²) in [4.78, 5) is 8.98. The zero-order valence-electron chi connectivity index (χ0n) is 17.1. The average molecular weight is 370 g/mol. The molecular weight excluding hydrogens is 342 g/mol. The number of nitrogens with zero attached hydrogens (tertiary/aromatic N) is 3. The molecule has 0 radical (unpaired) electrons. The van der Waals surface area contributed by atoms with E-state index in [4.69, 9.17) is 4.98 Å². The van der Waals surface area contributed by atoms with Crippen molar-refractivity contribution in [1.82, 2.24) is 4.98 Å². The van der Waals surface area contributed by atoms with Gasteiger partial charge in [0.05, 0.1) is 11.4 Å². The molecule has 0 amide bonds. The molecule has 0 unspecified atom stereocenters. The highest BCUT2D eigenvalue weighted by Gasteiger charge is 2.09. The van der Waals surface area contributed by atoms with E-state index in [-0.39, 0.29) is 0 Å². The maximum absolute atomic E-state index is 4.82. The summed E-state index contributed by atoms with van der Waals surface area (Å²) in [6.45, 7) is 8.53. The number of benzene rings is 2. The van der Waals surface area contributed by atoms with E-state index in [0.29, 0.717) is 0 Å². The first-order chi connectivity index (χ1) is 13.4. The number of aromatic nitrogens is 1. The van der Waals surface area contributed by atoms with Gasteiger partial charge in [-0.25, -0.2) is 4.98 Å². The van der Waals surface area contributed by atoms with Gasteiger partial charge in [0.1, 0.15) is 0 Å². The lowest BCUT2D eigenvalue weighted by molar-refractivity contribution is 1.13. The Kier molecular flexibility index (Phi) is 5.65. The molecular formula is C25H27N3. The highest BCUT2D eigenvalue weighted by molar-refractivity contribution is 5.80. The fraction of sp³-hybridized carbons (Fsp3) is 0.160.